The molecule has 0 aromatic heterocycles. The molecule has 256 valence electrons. The first-order valence-corrected chi connectivity index (χ1v) is 17.0. The van der Waals surface area contributed by atoms with E-state index in [1.165, 1.54) is 44.6 Å². The SMILES string of the molecule is COc1cc(C(=O)C(=O)N[C@@H]2Cc3ccccc3C[C@H]2C(=O)NC(CCCc2ccccc2)CCCc2ccccc2)cc(OC)c1OC. The van der Waals surface area contributed by atoms with E-state index in [0.29, 0.717) is 18.6 Å². The van der Waals surface area contributed by atoms with Crippen LogP contribution >= 0.6 is 0 Å². The zero-order chi connectivity index (χ0) is 34.6. The molecule has 8 heteroatoms. The topological polar surface area (TPSA) is 103 Å². The normalized spacial score (nSPS) is 15.2. The molecule has 0 heterocycles. The molecule has 0 aliphatic heterocycles. The van der Waals surface area contributed by atoms with Crippen LogP contribution in [-0.2, 0) is 35.3 Å². The number of methoxy groups -OCH3 is 3. The van der Waals surface area contributed by atoms with Gasteiger partial charge in [0.15, 0.2) is 11.5 Å². The van der Waals surface area contributed by atoms with Crippen LogP contribution in [0.15, 0.2) is 97.1 Å². The molecule has 1 aliphatic carbocycles. The van der Waals surface area contributed by atoms with E-state index in [4.69, 9.17) is 14.2 Å². The van der Waals surface area contributed by atoms with Gasteiger partial charge in [0.25, 0.3) is 5.91 Å². The molecule has 0 radical (unpaired) electrons. The van der Waals surface area contributed by atoms with Crippen LogP contribution in [0.3, 0.4) is 0 Å². The van der Waals surface area contributed by atoms with Crippen molar-refractivity contribution in [3.05, 3.63) is 125 Å². The van der Waals surface area contributed by atoms with Crippen LogP contribution in [0.2, 0.25) is 0 Å². The van der Waals surface area contributed by atoms with Crippen molar-refractivity contribution in [2.24, 2.45) is 5.92 Å². The summed E-state index contributed by atoms with van der Waals surface area (Å²) in [5.74, 6) is -1.33. The fourth-order valence-corrected chi connectivity index (χ4v) is 6.71. The molecule has 2 amide bonds. The van der Waals surface area contributed by atoms with E-state index in [0.717, 1.165) is 49.7 Å². The minimum Gasteiger partial charge on any atom is -0.493 e. The van der Waals surface area contributed by atoms with E-state index < -0.39 is 23.7 Å². The maximum atomic E-state index is 14.2. The molecule has 4 aromatic carbocycles. The van der Waals surface area contributed by atoms with Gasteiger partial charge in [-0.3, -0.25) is 14.4 Å². The van der Waals surface area contributed by atoms with E-state index in [2.05, 4.69) is 59.2 Å². The Balaban J connectivity index is 1.32. The number of carbonyl (C=O) groups is 3. The molecular weight excluding hydrogens is 616 g/mol. The molecule has 49 heavy (non-hydrogen) atoms. The fraction of sp³-hybridized carbons (Fsp3) is 0.341. The zero-order valence-corrected chi connectivity index (χ0v) is 28.6. The molecule has 0 spiro atoms. The van der Waals surface area contributed by atoms with Gasteiger partial charge >= 0.3 is 0 Å². The summed E-state index contributed by atoms with van der Waals surface area (Å²) >= 11 is 0. The Kier molecular flexibility index (Phi) is 12.5. The van der Waals surface area contributed by atoms with Gasteiger partial charge in [-0.1, -0.05) is 84.9 Å². The maximum absolute atomic E-state index is 14.2. The second kappa shape index (κ2) is 17.3. The van der Waals surface area contributed by atoms with Crippen molar-refractivity contribution >= 4 is 17.6 Å². The second-order valence-electron chi connectivity index (χ2n) is 12.6. The number of Topliss-reactive ketones (excluding diaryl/α,β-unsaturated/α-hetero) is 1. The Morgan fingerprint density at radius 1 is 0.694 bits per heavy atom. The number of ether oxygens (including phenoxy) is 3. The highest BCUT2D eigenvalue weighted by Gasteiger charge is 2.36. The summed E-state index contributed by atoms with van der Waals surface area (Å²) in [6.07, 6.45) is 6.34. The van der Waals surface area contributed by atoms with Gasteiger partial charge in [-0.25, -0.2) is 0 Å². The highest BCUT2D eigenvalue weighted by atomic mass is 16.5. The molecule has 1 aliphatic rings. The Labute approximate surface area is 289 Å². The van der Waals surface area contributed by atoms with Gasteiger partial charge in [0.1, 0.15) is 0 Å². The number of benzene rings is 4. The number of rotatable bonds is 16. The molecule has 2 N–H and O–H groups in total. The van der Waals surface area contributed by atoms with Crippen molar-refractivity contribution in [3.63, 3.8) is 0 Å². The standard InChI is InChI=1S/C41H46N2O6/c1-47-36-26-32(27-37(48-2)39(36)49-3)38(44)41(46)43-35-25-31-21-11-10-20-30(31)24-34(35)40(45)42-33(22-12-18-28-14-6-4-7-15-28)23-13-19-29-16-8-5-9-17-29/h4-11,14-17,20-21,26-27,33-35H,12-13,18-19,22-25H2,1-3H3,(H,42,45)(H,43,46)/t34-,35-/m1/s1. The number of fused-ring (bicyclic) bond motifs is 1. The lowest BCUT2D eigenvalue weighted by Crippen LogP contribution is -2.53. The van der Waals surface area contributed by atoms with Crippen LogP contribution < -0.4 is 24.8 Å². The van der Waals surface area contributed by atoms with Crippen LogP contribution in [-0.4, -0.2) is 51.0 Å². The van der Waals surface area contributed by atoms with Crippen molar-refractivity contribution in [2.75, 3.05) is 21.3 Å². The van der Waals surface area contributed by atoms with E-state index in [1.54, 1.807) is 0 Å². The molecule has 0 fully saturated rings. The largest absolute Gasteiger partial charge is 0.493 e. The van der Waals surface area contributed by atoms with Gasteiger partial charge < -0.3 is 24.8 Å². The Hall–Kier alpha value is -5.11. The lowest BCUT2D eigenvalue weighted by atomic mass is 9.79. The lowest BCUT2D eigenvalue weighted by molar-refractivity contribution is -0.127. The third-order valence-corrected chi connectivity index (χ3v) is 9.34. The summed E-state index contributed by atoms with van der Waals surface area (Å²) in [6.45, 7) is 0. The average molecular weight is 663 g/mol. The molecule has 0 saturated carbocycles. The van der Waals surface area contributed by atoms with Crippen molar-refractivity contribution in [3.8, 4) is 17.2 Å². The Bertz CT molecular complexity index is 1640. The van der Waals surface area contributed by atoms with Crippen LogP contribution in [0.5, 0.6) is 17.2 Å². The molecule has 4 aromatic rings. The first-order chi connectivity index (χ1) is 23.9. The van der Waals surface area contributed by atoms with E-state index >= 15 is 0 Å². The molecule has 5 rings (SSSR count). The first-order valence-electron chi connectivity index (χ1n) is 17.0. The number of carbonyl (C=O) groups excluding carboxylic acids is 3. The fourth-order valence-electron chi connectivity index (χ4n) is 6.71. The molecular formula is C41H46N2O6. The molecule has 8 nitrogen and oxygen atoms in total. The number of aryl methyl sites for hydroxylation is 2. The summed E-state index contributed by atoms with van der Waals surface area (Å²) in [7, 11) is 4.37. The minimum absolute atomic E-state index is 0.0192. The van der Waals surface area contributed by atoms with Gasteiger partial charge in [-0.15, -0.1) is 0 Å². The number of nitrogens with one attached hydrogen (secondary N) is 2. The summed E-state index contributed by atoms with van der Waals surface area (Å²) in [6, 6.07) is 31.1. The van der Waals surface area contributed by atoms with Crippen LogP contribution in [0.25, 0.3) is 0 Å². The van der Waals surface area contributed by atoms with Gasteiger partial charge in [0.2, 0.25) is 17.4 Å². The van der Waals surface area contributed by atoms with Crippen molar-refractivity contribution < 1.29 is 28.6 Å². The molecule has 0 saturated heterocycles. The van der Waals surface area contributed by atoms with Crippen molar-refractivity contribution in [1.82, 2.24) is 10.6 Å². The van der Waals surface area contributed by atoms with E-state index in [1.807, 2.05) is 36.4 Å². The highest BCUT2D eigenvalue weighted by molar-refractivity contribution is 6.43. The molecule has 0 unspecified atom stereocenters. The van der Waals surface area contributed by atoms with Gasteiger partial charge in [-0.05, 0) is 85.8 Å². The Morgan fingerprint density at radius 3 is 1.71 bits per heavy atom. The predicted molar refractivity (Wildman–Crippen MR) is 190 cm³/mol. The number of ketones is 1. The van der Waals surface area contributed by atoms with Gasteiger partial charge in [0.05, 0.1) is 27.2 Å². The third kappa shape index (κ3) is 9.28. The number of hydrogen-bond acceptors (Lipinski definition) is 6. The number of hydrogen-bond donors (Lipinski definition) is 2. The van der Waals surface area contributed by atoms with Gasteiger partial charge in [0, 0.05) is 17.6 Å². The monoisotopic (exact) mass is 662 g/mol. The molecule has 2 atom stereocenters. The van der Waals surface area contributed by atoms with E-state index in [-0.39, 0.29) is 29.0 Å². The smallest absolute Gasteiger partial charge is 0.292 e. The summed E-state index contributed by atoms with van der Waals surface area (Å²) in [5, 5.41) is 6.31. The first kappa shape index (κ1) is 35.2. The maximum Gasteiger partial charge on any atom is 0.292 e. The number of amides is 2. The van der Waals surface area contributed by atoms with Crippen LogP contribution in [0.1, 0.15) is 58.3 Å². The third-order valence-electron chi connectivity index (χ3n) is 9.34. The Morgan fingerprint density at radius 2 is 1.20 bits per heavy atom. The zero-order valence-electron chi connectivity index (χ0n) is 28.6. The highest BCUT2D eigenvalue weighted by Crippen LogP contribution is 2.38. The van der Waals surface area contributed by atoms with Crippen LogP contribution in [0, 0.1) is 5.92 Å². The minimum atomic E-state index is -0.793. The summed E-state index contributed by atoms with van der Waals surface area (Å²) in [4.78, 5) is 41.1. The quantitative estimate of drug-likeness (QED) is 0.108. The van der Waals surface area contributed by atoms with Crippen molar-refractivity contribution in [1.29, 1.82) is 0 Å². The van der Waals surface area contributed by atoms with Crippen molar-refractivity contribution in [2.45, 2.75) is 63.5 Å². The lowest BCUT2D eigenvalue weighted by Gasteiger charge is -2.34. The molecule has 0 bridgehead atoms. The average Bonchev–Trinajstić information content (AvgIpc) is 3.14. The predicted octanol–water partition coefficient (Wildman–Crippen LogP) is 6.33. The summed E-state index contributed by atoms with van der Waals surface area (Å²) < 4.78 is 16.1. The van der Waals surface area contributed by atoms with Crippen LogP contribution in [0.4, 0.5) is 0 Å². The van der Waals surface area contributed by atoms with E-state index in [9.17, 15) is 14.4 Å². The van der Waals surface area contributed by atoms with Gasteiger partial charge in [-0.2, -0.15) is 0 Å². The second-order valence-corrected chi connectivity index (χ2v) is 12.6. The summed E-state index contributed by atoms with van der Waals surface area (Å²) in [5.41, 5.74) is 4.79.